The highest BCUT2D eigenvalue weighted by Crippen LogP contribution is 2.32. The maximum atomic E-state index is 12.9. The predicted octanol–water partition coefficient (Wildman–Crippen LogP) is 5.11. The van der Waals surface area contributed by atoms with Crippen molar-refractivity contribution in [2.45, 2.75) is 39.2 Å². The molecule has 1 N–H and O–H groups in total. The summed E-state index contributed by atoms with van der Waals surface area (Å²) in [4.78, 5) is 19.4. The van der Waals surface area contributed by atoms with E-state index in [4.69, 9.17) is 4.52 Å². The lowest BCUT2D eigenvalue weighted by Crippen LogP contribution is -2.41. The second-order valence-corrected chi connectivity index (χ2v) is 7.28. The molecule has 1 fully saturated rings. The maximum Gasteiger partial charge on any atom is 0.322 e. The van der Waals surface area contributed by atoms with Gasteiger partial charge in [0.1, 0.15) is 6.04 Å². The van der Waals surface area contributed by atoms with Crippen molar-refractivity contribution in [2.75, 3.05) is 11.9 Å². The number of carbonyl (C=O) groups is 1. The third-order valence-corrected chi connectivity index (χ3v) is 5.15. The van der Waals surface area contributed by atoms with Gasteiger partial charge in [0.05, 0.1) is 0 Å². The van der Waals surface area contributed by atoms with Gasteiger partial charge >= 0.3 is 6.03 Å². The van der Waals surface area contributed by atoms with Gasteiger partial charge in [-0.1, -0.05) is 47.1 Å². The number of urea groups is 1. The van der Waals surface area contributed by atoms with Crippen LogP contribution in [0.4, 0.5) is 10.5 Å². The molecule has 1 aliphatic heterocycles. The molecule has 0 saturated carbocycles. The first-order valence-electron chi connectivity index (χ1n) is 9.66. The highest BCUT2D eigenvalue weighted by Gasteiger charge is 2.32. The first-order chi connectivity index (χ1) is 13.6. The number of nitrogens with one attached hydrogen (secondary N) is 1. The molecular formula is C22H24N4O2. The van der Waals surface area contributed by atoms with Crippen LogP contribution in [-0.4, -0.2) is 27.6 Å². The normalized spacial score (nSPS) is 16.8. The molecule has 28 heavy (non-hydrogen) atoms. The van der Waals surface area contributed by atoms with E-state index in [2.05, 4.69) is 15.5 Å². The summed E-state index contributed by atoms with van der Waals surface area (Å²) in [5, 5.41) is 7.17. The average molecular weight is 376 g/mol. The maximum absolute atomic E-state index is 12.9. The molecule has 2 heterocycles. The van der Waals surface area contributed by atoms with Gasteiger partial charge in [0.2, 0.25) is 11.7 Å². The molecule has 1 saturated heterocycles. The Bertz CT molecular complexity index is 982. The van der Waals surface area contributed by atoms with Crippen LogP contribution >= 0.6 is 0 Å². The molecule has 6 heteroatoms. The first kappa shape index (κ1) is 18.2. The van der Waals surface area contributed by atoms with Crippen LogP contribution in [-0.2, 0) is 0 Å². The smallest absolute Gasteiger partial charge is 0.322 e. The van der Waals surface area contributed by atoms with Crippen molar-refractivity contribution in [1.29, 1.82) is 0 Å². The minimum atomic E-state index is -0.205. The Morgan fingerprint density at radius 1 is 1.14 bits per heavy atom. The summed E-state index contributed by atoms with van der Waals surface area (Å²) in [6.07, 6.45) is 2.81. The summed E-state index contributed by atoms with van der Waals surface area (Å²) in [5.41, 5.74) is 3.91. The molecule has 0 radical (unpaired) electrons. The summed E-state index contributed by atoms with van der Waals surface area (Å²) < 4.78 is 5.57. The Kier molecular flexibility index (Phi) is 5.10. The number of nitrogens with zero attached hydrogens (tertiary/aromatic N) is 3. The Hall–Kier alpha value is -3.15. The molecule has 2 amide bonds. The summed E-state index contributed by atoms with van der Waals surface area (Å²) in [7, 11) is 0. The van der Waals surface area contributed by atoms with E-state index in [0.717, 1.165) is 41.6 Å². The number of aromatic nitrogens is 2. The first-order valence-corrected chi connectivity index (χ1v) is 9.66. The number of hydrogen-bond acceptors (Lipinski definition) is 4. The van der Waals surface area contributed by atoms with E-state index in [-0.39, 0.29) is 12.1 Å². The van der Waals surface area contributed by atoms with E-state index in [9.17, 15) is 4.79 Å². The molecular weight excluding hydrogens is 352 g/mol. The summed E-state index contributed by atoms with van der Waals surface area (Å²) in [6.45, 7) is 4.68. The molecule has 1 aromatic heterocycles. The zero-order valence-electron chi connectivity index (χ0n) is 16.2. The van der Waals surface area contributed by atoms with Crippen molar-refractivity contribution < 1.29 is 9.32 Å². The van der Waals surface area contributed by atoms with Crippen molar-refractivity contribution in [3.05, 3.63) is 65.5 Å². The highest BCUT2D eigenvalue weighted by atomic mass is 16.5. The number of piperidine rings is 1. The molecule has 3 aromatic rings. The number of hydrogen-bond donors (Lipinski definition) is 1. The second-order valence-electron chi connectivity index (χ2n) is 7.28. The van der Waals surface area contributed by atoms with Gasteiger partial charge in [-0.05, 0) is 50.8 Å². The van der Waals surface area contributed by atoms with Crippen LogP contribution in [0.5, 0.6) is 0 Å². The Labute approximate surface area is 164 Å². The van der Waals surface area contributed by atoms with Crippen molar-refractivity contribution in [3.8, 4) is 11.4 Å². The van der Waals surface area contributed by atoms with Crippen LogP contribution in [0.25, 0.3) is 11.4 Å². The lowest BCUT2D eigenvalue weighted by Gasteiger charge is -2.33. The Balaban J connectivity index is 1.56. The topological polar surface area (TPSA) is 71.3 Å². The zero-order valence-corrected chi connectivity index (χ0v) is 16.2. The minimum absolute atomic E-state index is 0.130. The van der Waals surface area contributed by atoms with Gasteiger partial charge in [0, 0.05) is 17.8 Å². The molecule has 6 nitrogen and oxygen atoms in total. The molecule has 144 valence electrons. The molecule has 0 aliphatic carbocycles. The molecule has 4 rings (SSSR count). The third-order valence-electron chi connectivity index (χ3n) is 5.15. The fraction of sp³-hybridized carbons (Fsp3) is 0.318. The fourth-order valence-corrected chi connectivity index (χ4v) is 3.60. The summed E-state index contributed by atoms with van der Waals surface area (Å²) in [5.74, 6) is 1.06. The van der Waals surface area contributed by atoms with Gasteiger partial charge in [-0.2, -0.15) is 4.98 Å². The number of rotatable bonds is 3. The second kappa shape index (κ2) is 7.84. The van der Waals surface area contributed by atoms with Gasteiger partial charge in [-0.3, -0.25) is 0 Å². The van der Waals surface area contributed by atoms with Crippen molar-refractivity contribution >= 4 is 11.7 Å². The zero-order chi connectivity index (χ0) is 19.5. The lowest BCUT2D eigenvalue weighted by atomic mass is 10.0. The van der Waals surface area contributed by atoms with E-state index < -0.39 is 0 Å². The summed E-state index contributed by atoms with van der Waals surface area (Å²) in [6, 6.07) is 15.4. The van der Waals surface area contributed by atoms with Crippen LogP contribution in [0.2, 0.25) is 0 Å². The van der Waals surface area contributed by atoms with Crippen LogP contribution < -0.4 is 5.32 Å². The van der Waals surface area contributed by atoms with Gasteiger partial charge < -0.3 is 14.7 Å². The van der Waals surface area contributed by atoms with Gasteiger partial charge in [-0.25, -0.2) is 4.79 Å². The largest absolute Gasteiger partial charge is 0.337 e. The van der Waals surface area contributed by atoms with Gasteiger partial charge in [0.25, 0.3) is 0 Å². The number of likely N-dealkylation sites (tertiary alicyclic amines) is 1. The van der Waals surface area contributed by atoms with Gasteiger partial charge in [0.15, 0.2) is 0 Å². The number of benzene rings is 2. The van der Waals surface area contributed by atoms with Crippen molar-refractivity contribution in [2.24, 2.45) is 0 Å². The molecule has 0 bridgehead atoms. The SMILES string of the molecule is Cc1cccc(-c2noc([C@@H]3CCCCN3C(=O)Nc3ccccc3C)n2)c1. The van der Waals surface area contributed by atoms with E-state index in [1.807, 2.05) is 67.3 Å². The molecule has 1 aliphatic rings. The average Bonchev–Trinajstić information content (AvgIpc) is 3.20. The van der Waals surface area contributed by atoms with Crippen molar-refractivity contribution in [1.82, 2.24) is 15.0 Å². The number of para-hydroxylation sites is 1. The predicted molar refractivity (Wildman–Crippen MR) is 108 cm³/mol. The number of carbonyl (C=O) groups excluding carboxylic acids is 1. The molecule has 2 aromatic carbocycles. The quantitative estimate of drug-likeness (QED) is 0.689. The number of amides is 2. The van der Waals surface area contributed by atoms with Crippen molar-refractivity contribution in [3.63, 3.8) is 0 Å². The number of aryl methyl sites for hydroxylation is 2. The number of anilines is 1. The highest BCUT2D eigenvalue weighted by molar-refractivity contribution is 5.90. The molecule has 1 atom stereocenters. The monoisotopic (exact) mass is 376 g/mol. The van der Waals surface area contributed by atoms with E-state index >= 15 is 0 Å². The Morgan fingerprint density at radius 3 is 2.82 bits per heavy atom. The lowest BCUT2D eigenvalue weighted by molar-refractivity contribution is 0.142. The summed E-state index contributed by atoms with van der Waals surface area (Å²) >= 11 is 0. The van der Waals surface area contributed by atoms with E-state index in [1.54, 1.807) is 0 Å². The minimum Gasteiger partial charge on any atom is -0.337 e. The van der Waals surface area contributed by atoms with E-state index in [1.165, 1.54) is 0 Å². The van der Waals surface area contributed by atoms with Crippen LogP contribution in [0.3, 0.4) is 0 Å². The van der Waals surface area contributed by atoms with Gasteiger partial charge in [-0.15, -0.1) is 0 Å². The molecule has 0 unspecified atom stereocenters. The van der Waals surface area contributed by atoms with Crippen LogP contribution in [0.1, 0.15) is 42.3 Å². The molecule has 0 spiro atoms. The Morgan fingerprint density at radius 2 is 2.00 bits per heavy atom. The third kappa shape index (κ3) is 3.76. The fourth-order valence-electron chi connectivity index (χ4n) is 3.60. The van der Waals surface area contributed by atoms with Crippen LogP contribution in [0.15, 0.2) is 53.1 Å². The van der Waals surface area contributed by atoms with E-state index in [0.29, 0.717) is 18.3 Å². The van der Waals surface area contributed by atoms with Crippen LogP contribution in [0, 0.1) is 13.8 Å². The standard InChI is InChI=1S/C22H24N4O2/c1-15-8-7-10-17(14-15)20-24-21(28-25-20)19-12-5-6-13-26(19)22(27)23-18-11-4-3-9-16(18)2/h3-4,7-11,14,19H,5-6,12-13H2,1-2H3,(H,23,27)/t19-/m0/s1.